The number of benzene rings is 2. The molecule has 5 aromatic rings. The molecule has 2 aromatic carbocycles. The molecular formula is C27H28FN9O. The van der Waals surface area contributed by atoms with E-state index in [0.29, 0.717) is 40.1 Å². The number of aryl methyl sites for hydroxylation is 2. The molecule has 0 bridgehead atoms. The molecule has 11 heteroatoms. The van der Waals surface area contributed by atoms with Crippen LogP contribution in [0.3, 0.4) is 0 Å². The van der Waals surface area contributed by atoms with Gasteiger partial charge in [0, 0.05) is 80.0 Å². The molecule has 1 amide bonds. The second kappa shape index (κ2) is 9.18. The van der Waals surface area contributed by atoms with E-state index in [1.165, 1.54) is 6.07 Å². The van der Waals surface area contributed by atoms with Crippen LogP contribution >= 0.6 is 0 Å². The van der Waals surface area contributed by atoms with Crippen molar-refractivity contribution in [1.82, 2.24) is 34.8 Å². The molecule has 0 saturated carbocycles. The molecule has 6 rings (SSSR count). The van der Waals surface area contributed by atoms with Crippen molar-refractivity contribution in [2.75, 3.05) is 23.3 Å². The molecule has 0 radical (unpaired) electrons. The van der Waals surface area contributed by atoms with Crippen molar-refractivity contribution in [3.05, 3.63) is 60.4 Å². The van der Waals surface area contributed by atoms with Crippen LogP contribution in [0.25, 0.3) is 33.2 Å². The highest BCUT2D eigenvalue weighted by molar-refractivity contribution is 6.14. The Hall–Kier alpha value is -4.38. The highest BCUT2D eigenvalue weighted by Crippen LogP contribution is 2.32. The highest BCUT2D eigenvalue weighted by atomic mass is 19.1. The number of amides is 1. The van der Waals surface area contributed by atoms with Crippen LogP contribution in [0.15, 0.2) is 49.1 Å². The zero-order valence-electron chi connectivity index (χ0n) is 21.6. The van der Waals surface area contributed by atoms with Crippen molar-refractivity contribution in [3.63, 3.8) is 0 Å². The van der Waals surface area contributed by atoms with E-state index in [-0.39, 0.29) is 11.4 Å². The van der Waals surface area contributed by atoms with E-state index in [4.69, 9.17) is 4.98 Å². The molecule has 1 saturated heterocycles. The summed E-state index contributed by atoms with van der Waals surface area (Å²) in [4.78, 5) is 25.3. The number of fused-ring (bicyclic) bond motifs is 2. The summed E-state index contributed by atoms with van der Waals surface area (Å²) in [5.41, 5.74) is 3.22. The van der Waals surface area contributed by atoms with Crippen molar-refractivity contribution >= 4 is 39.1 Å². The minimum atomic E-state index is -0.498. The number of piperazine rings is 1. The fourth-order valence-corrected chi connectivity index (χ4v) is 5.25. The predicted molar refractivity (Wildman–Crippen MR) is 145 cm³/mol. The summed E-state index contributed by atoms with van der Waals surface area (Å²) >= 11 is 0. The molecular weight excluding hydrogens is 485 g/mol. The lowest BCUT2D eigenvalue weighted by Crippen LogP contribution is -2.54. The molecule has 1 fully saturated rings. The SMILES string of the molecule is C[C@@H]1CN(c2ccc(C(=O)Nc3cc(F)c4nn(C)cc4c3)c3nc(-c4cnn(C)c4)ncc23)C[C@H](C)N1. The van der Waals surface area contributed by atoms with Gasteiger partial charge in [-0.3, -0.25) is 14.2 Å². The van der Waals surface area contributed by atoms with E-state index in [9.17, 15) is 9.18 Å². The number of rotatable bonds is 4. The minimum Gasteiger partial charge on any atom is -0.368 e. The van der Waals surface area contributed by atoms with Gasteiger partial charge in [0.25, 0.3) is 5.91 Å². The predicted octanol–water partition coefficient (Wildman–Crippen LogP) is 3.50. The Kier molecular flexibility index (Phi) is 5.79. The van der Waals surface area contributed by atoms with Gasteiger partial charge < -0.3 is 15.5 Å². The van der Waals surface area contributed by atoms with Gasteiger partial charge in [-0.05, 0) is 38.1 Å². The number of aromatic nitrogens is 6. The Morgan fingerprint density at radius 2 is 1.84 bits per heavy atom. The lowest BCUT2D eigenvalue weighted by molar-refractivity contribution is 0.102. The van der Waals surface area contributed by atoms with E-state index in [1.807, 2.05) is 19.3 Å². The van der Waals surface area contributed by atoms with Crippen molar-refractivity contribution in [3.8, 4) is 11.4 Å². The minimum absolute atomic E-state index is 0.258. The van der Waals surface area contributed by atoms with Gasteiger partial charge in [-0.25, -0.2) is 14.4 Å². The summed E-state index contributed by atoms with van der Waals surface area (Å²) < 4.78 is 17.9. The topological polar surface area (TPSA) is 106 Å². The van der Waals surface area contributed by atoms with Gasteiger partial charge in [0.05, 0.1) is 22.8 Å². The first-order valence-electron chi connectivity index (χ1n) is 12.5. The molecule has 0 aliphatic carbocycles. The van der Waals surface area contributed by atoms with Crippen molar-refractivity contribution in [2.45, 2.75) is 25.9 Å². The number of anilines is 2. The Morgan fingerprint density at radius 3 is 2.58 bits per heavy atom. The standard InChI is InChI=1S/C27H28FN9O/c1-15-11-37(12-16(2)31-15)23-6-5-20(25-21(23)10-29-26(33-25)18-9-30-35(3)14-18)27(38)32-19-7-17-13-36(4)34-24(17)22(28)8-19/h5-10,13-16,31H,11-12H2,1-4H3,(H,32,38)/t15-,16+. The van der Waals surface area contributed by atoms with Crippen molar-refractivity contribution in [1.29, 1.82) is 0 Å². The third-order valence-electron chi connectivity index (χ3n) is 6.77. The van der Waals surface area contributed by atoms with Gasteiger partial charge in [-0.2, -0.15) is 10.2 Å². The molecule has 0 unspecified atom stereocenters. The van der Waals surface area contributed by atoms with Gasteiger partial charge in [0.15, 0.2) is 11.6 Å². The Morgan fingerprint density at radius 1 is 1.05 bits per heavy atom. The second-order valence-electron chi connectivity index (χ2n) is 10.0. The molecule has 4 heterocycles. The maximum Gasteiger partial charge on any atom is 0.257 e. The third-order valence-corrected chi connectivity index (χ3v) is 6.77. The number of carbonyl (C=O) groups excluding carboxylic acids is 1. The maximum atomic E-state index is 14.7. The summed E-state index contributed by atoms with van der Waals surface area (Å²) in [6, 6.07) is 7.33. The van der Waals surface area contributed by atoms with Gasteiger partial charge in [-0.15, -0.1) is 0 Å². The van der Waals surface area contributed by atoms with Crippen LogP contribution in [0.4, 0.5) is 15.8 Å². The highest BCUT2D eigenvalue weighted by Gasteiger charge is 2.25. The molecule has 0 spiro atoms. The van der Waals surface area contributed by atoms with Crippen LogP contribution < -0.4 is 15.5 Å². The second-order valence-corrected chi connectivity index (χ2v) is 10.0. The van der Waals surface area contributed by atoms with Crippen LogP contribution in [0.5, 0.6) is 0 Å². The quantitative estimate of drug-likeness (QED) is 0.379. The molecule has 2 N–H and O–H groups in total. The molecule has 2 atom stereocenters. The summed E-state index contributed by atoms with van der Waals surface area (Å²) in [6.07, 6.45) is 7.00. The first kappa shape index (κ1) is 24.0. The van der Waals surface area contributed by atoms with E-state index >= 15 is 0 Å². The zero-order chi connectivity index (χ0) is 26.6. The number of nitrogens with zero attached hydrogens (tertiary/aromatic N) is 7. The smallest absolute Gasteiger partial charge is 0.257 e. The Labute approximate surface area is 218 Å². The average molecular weight is 514 g/mol. The monoisotopic (exact) mass is 513 g/mol. The average Bonchev–Trinajstić information content (AvgIpc) is 3.47. The van der Waals surface area contributed by atoms with Gasteiger partial charge >= 0.3 is 0 Å². The lowest BCUT2D eigenvalue weighted by Gasteiger charge is -2.38. The largest absolute Gasteiger partial charge is 0.368 e. The Bertz CT molecular complexity index is 1680. The van der Waals surface area contributed by atoms with Crippen LogP contribution in [0.1, 0.15) is 24.2 Å². The Balaban J connectivity index is 1.44. The molecule has 1 aliphatic rings. The molecule has 10 nitrogen and oxygen atoms in total. The first-order chi connectivity index (χ1) is 18.2. The van der Waals surface area contributed by atoms with Crippen molar-refractivity contribution in [2.24, 2.45) is 14.1 Å². The molecule has 194 valence electrons. The van der Waals surface area contributed by atoms with E-state index in [2.05, 4.69) is 44.6 Å². The van der Waals surface area contributed by atoms with Crippen LogP contribution in [-0.2, 0) is 14.1 Å². The number of hydrogen-bond donors (Lipinski definition) is 2. The summed E-state index contributed by atoms with van der Waals surface area (Å²) in [6.45, 7) is 5.95. The maximum absolute atomic E-state index is 14.7. The van der Waals surface area contributed by atoms with Crippen LogP contribution in [0.2, 0.25) is 0 Å². The molecule has 38 heavy (non-hydrogen) atoms. The van der Waals surface area contributed by atoms with Gasteiger partial charge in [0.2, 0.25) is 0 Å². The lowest BCUT2D eigenvalue weighted by atomic mass is 10.0. The normalized spacial score (nSPS) is 17.9. The van der Waals surface area contributed by atoms with E-state index in [1.54, 1.807) is 47.1 Å². The van der Waals surface area contributed by atoms with Crippen LogP contribution in [-0.4, -0.2) is 60.6 Å². The van der Waals surface area contributed by atoms with Crippen LogP contribution in [0, 0.1) is 5.82 Å². The number of carbonyl (C=O) groups is 1. The molecule has 3 aromatic heterocycles. The molecule has 1 aliphatic heterocycles. The van der Waals surface area contributed by atoms with Crippen molar-refractivity contribution < 1.29 is 9.18 Å². The van der Waals surface area contributed by atoms with E-state index in [0.717, 1.165) is 29.7 Å². The zero-order valence-corrected chi connectivity index (χ0v) is 21.6. The summed E-state index contributed by atoms with van der Waals surface area (Å²) in [5.74, 6) is -0.412. The van der Waals surface area contributed by atoms with Gasteiger partial charge in [0.1, 0.15) is 5.52 Å². The number of hydrogen-bond acceptors (Lipinski definition) is 7. The van der Waals surface area contributed by atoms with E-state index < -0.39 is 5.82 Å². The summed E-state index contributed by atoms with van der Waals surface area (Å²) in [5, 5.41) is 16.1. The van der Waals surface area contributed by atoms with Gasteiger partial charge in [-0.1, -0.05) is 0 Å². The first-order valence-corrected chi connectivity index (χ1v) is 12.5. The third kappa shape index (κ3) is 4.34. The fraction of sp³-hybridized carbons (Fsp3) is 0.296. The summed E-state index contributed by atoms with van der Waals surface area (Å²) in [7, 11) is 3.55. The number of halogens is 1. The fourth-order valence-electron chi connectivity index (χ4n) is 5.25. The number of nitrogens with one attached hydrogen (secondary N) is 2.